The Kier molecular flexibility index (Phi) is 3.67. The first-order chi connectivity index (χ1) is 10.1. The molecule has 3 heterocycles. The van der Waals surface area contributed by atoms with Gasteiger partial charge in [-0.3, -0.25) is 15.0 Å². The average molecular weight is 291 g/mol. The molecule has 2 unspecified atom stereocenters. The average Bonchev–Trinajstić information content (AvgIpc) is 2.71. The van der Waals surface area contributed by atoms with Crippen LogP contribution < -0.4 is 10.2 Å². The summed E-state index contributed by atoms with van der Waals surface area (Å²) in [6.45, 7) is 1.80. The van der Waals surface area contributed by atoms with Crippen LogP contribution in [0.15, 0.2) is 12.1 Å². The fraction of sp³-hybridized carbons (Fsp3) is 0.643. The van der Waals surface area contributed by atoms with Gasteiger partial charge in [0.2, 0.25) is 0 Å². The summed E-state index contributed by atoms with van der Waals surface area (Å²) in [4.78, 5) is 19.9. The van der Waals surface area contributed by atoms with Crippen LogP contribution in [0.3, 0.4) is 0 Å². The van der Waals surface area contributed by atoms with Gasteiger partial charge in [0.25, 0.3) is 5.69 Å². The number of nitrogens with zero attached hydrogens (tertiary/aromatic N) is 4. The maximum Gasteiger partial charge on any atom is 0.276 e. The lowest BCUT2D eigenvalue weighted by Crippen LogP contribution is -2.37. The van der Waals surface area contributed by atoms with E-state index in [1.165, 1.54) is 18.9 Å². The quantitative estimate of drug-likeness (QED) is 0.675. The second-order valence-corrected chi connectivity index (χ2v) is 5.86. The van der Waals surface area contributed by atoms with E-state index < -0.39 is 0 Å². The van der Waals surface area contributed by atoms with E-state index in [1.54, 1.807) is 13.1 Å². The van der Waals surface area contributed by atoms with Crippen molar-refractivity contribution in [3.05, 3.63) is 22.2 Å². The Morgan fingerprint density at radius 1 is 1.33 bits per heavy atom. The van der Waals surface area contributed by atoms with Gasteiger partial charge in [0.1, 0.15) is 11.6 Å². The highest BCUT2D eigenvalue weighted by Gasteiger charge is 2.35. The molecule has 21 heavy (non-hydrogen) atoms. The summed E-state index contributed by atoms with van der Waals surface area (Å²) < 4.78 is 0. The van der Waals surface area contributed by atoms with Gasteiger partial charge in [0.15, 0.2) is 0 Å². The molecule has 0 spiro atoms. The van der Waals surface area contributed by atoms with Crippen molar-refractivity contribution in [3.8, 4) is 0 Å². The molecule has 2 fully saturated rings. The largest absolute Gasteiger partial charge is 0.373 e. The van der Waals surface area contributed by atoms with E-state index >= 15 is 0 Å². The lowest BCUT2D eigenvalue weighted by atomic mass is 10.1. The molecule has 2 aliphatic heterocycles. The zero-order valence-corrected chi connectivity index (χ0v) is 12.5. The zero-order valence-electron chi connectivity index (χ0n) is 12.5. The van der Waals surface area contributed by atoms with Crippen LogP contribution in [0, 0.1) is 10.1 Å². The van der Waals surface area contributed by atoms with Crippen LogP contribution in [0.2, 0.25) is 0 Å². The second kappa shape index (κ2) is 5.48. The van der Waals surface area contributed by atoms with E-state index in [1.807, 2.05) is 0 Å². The third-order valence-electron chi connectivity index (χ3n) is 4.74. The molecule has 7 nitrogen and oxygen atoms in total. The van der Waals surface area contributed by atoms with E-state index in [0.29, 0.717) is 23.7 Å². The molecule has 2 aliphatic rings. The second-order valence-electron chi connectivity index (χ2n) is 5.86. The summed E-state index contributed by atoms with van der Waals surface area (Å²) in [7, 11) is 3.92. The summed E-state index contributed by atoms with van der Waals surface area (Å²) in [6, 6.07) is 4.22. The maximum atomic E-state index is 11.1. The molecule has 2 bridgehead atoms. The molecule has 114 valence electrons. The summed E-state index contributed by atoms with van der Waals surface area (Å²) in [6.07, 6.45) is 3.55. The third-order valence-corrected chi connectivity index (χ3v) is 4.74. The van der Waals surface area contributed by atoms with Gasteiger partial charge in [-0.2, -0.15) is 0 Å². The Balaban J connectivity index is 1.89. The van der Waals surface area contributed by atoms with Gasteiger partial charge < -0.3 is 10.2 Å². The van der Waals surface area contributed by atoms with Gasteiger partial charge >= 0.3 is 0 Å². The zero-order chi connectivity index (χ0) is 15.0. The van der Waals surface area contributed by atoms with Crippen molar-refractivity contribution in [3.63, 3.8) is 0 Å². The topological polar surface area (TPSA) is 74.5 Å². The minimum absolute atomic E-state index is 0.0899. The normalized spacial score (nSPS) is 25.7. The number of anilines is 2. The number of hydrogen-bond donors (Lipinski definition) is 1. The standard InChI is InChI=1S/C14H21N5O2/c1-15-13-7-12(19(20)21)8-14(16-13)18-6-5-10-3-4-11(9-18)17(10)2/h7-8,10-11H,3-6,9H2,1-2H3,(H,15,16). The first-order valence-electron chi connectivity index (χ1n) is 7.39. The van der Waals surface area contributed by atoms with Gasteiger partial charge in [-0.15, -0.1) is 0 Å². The van der Waals surface area contributed by atoms with E-state index in [2.05, 4.69) is 27.1 Å². The smallest absolute Gasteiger partial charge is 0.276 e. The first-order valence-corrected chi connectivity index (χ1v) is 7.39. The van der Waals surface area contributed by atoms with Gasteiger partial charge in [0, 0.05) is 32.2 Å². The van der Waals surface area contributed by atoms with E-state index in [4.69, 9.17) is 0 Å². The number of rotatable bonds is 3. The lowest BCUT2D eigenvalue weighted by Gasteiger charge is -2.26. The van der Waals surface area contributed by atoms with E-state index in [-0.39, 0.29) is 10.6 Å². The van der Waals surface area contributed by atoms with Crippen LogP contribution in [-0.2, 0) is 0 Å². The molecule has 0 saturated carbocycles. The molecular weight excluding hydrogens is 270 g/mol. The van der Waals surface area contributed by atoms with Crippen LogP contribution in [0.5, 0.6) is 0 Å². The van der Waals surface area contributed by atoms with Crippen molar-refractivity contribution in [2.75, 3.05) is 37.4 Å². The van der Waals surface area contributed by atoms with E-state index in [9.17, 15) is 10.1 Å². The van der Waals surface area contributed by atoms with Gasteiger partial charge in [-0.1, -0.05) is 0 Å². The highest BCUT2D eigenvalue weighted by Crippen LogP contribution is 2.31. The van der Waals surface area contributed by atoms with Crippen molar-refractivity contribution in [2.24, 2.45) is 0 Å². The minimum Gasteiger partial charge on any atom is -0.373 e. The lowest BCUT2D eigenvalue weighted by molar-refractivity contribution is -0.384. The SMILES string of the molecule is CNc1cc([N+](=O)[O-])cc(N2CCC3CCC(C2)N3C)n1. The van der Waals surface area contributed by atoms with Crippen LogP contribution in [-0.4, -0.2) is 54.1 Å². The van der Waals surface area contributed by atoms with Crippen molar-refractivity contribution < 1.29 is 4.92 Å². The molecule has 0 aromatic carbocycles. The Morgan fingerprint density at radius 3 is 2.81 bits per heavy atom. The van der Waals surface area contributed by atoms with Crippen molar-refractivity contribution in [1.82, 2.24) is 9.88 Å². The highest BCUT2D eigenvalue weighted by molar-refractivity contribution is 5.56. The molecule has 3 rings (SSSR count). The van der Waals surface area contributed by atoms with Crippen molar-refractivity contribution >= 4 is 17.3 Å². The summed E-state index contributed by atoms with van der Waals surface area (Å²) in [5, 5.41) is 14.0. The third kappa shape index (κ3) is 2.65. The number of aromatic nitrogens is 1. The molecule has 2 saturated heterocycles. The summed E-state index contributed by atoms with van der Waals surface area (Å²) in [5.41, 5.74) is 0.0899. The molecule has 2 atom stereocenters. The minimum atomic E-state index is -0.359. The number of pyridine rings is 1. The van der Waals surface area contributed by atoms with Crippen LogP contribution in [0.4, 0.5) is 17.3 Å². The Morgan fingerprint density at radius 2 is 2.10 bits per heavy atom. The number of hydrogen-bond acceptors (Lipinski definition) is 6. The molecule has 1 aromatic heterocycles. The van der Waals surface area contributed by atoms with E-state index in [0.717, 1.165) is 19.5 Å². The molecular formula is C14H21N5O2. The highest BCUT2D eigenvalue weighted by atomic mass is 16.6. The number of nitrogens with one attached hydrogen (secondary N) is 1. The monoisotopic (exact) mass is 291 g/mol. The summed E-state index contributed by atoms with van der Waals surface area (Å²) >= 11 is 0. The maximum absolute atomic E-state index is 11.1. The number of likely N-dealkylation sites (N-methyl/N-ethyl adjacent to an activating group) is 1. The molecule has 0 amide bonds. The molecule has 1 aromatic rings. The predicted molar refractivity (Wildman–Crippen MR) is 81.8 cm³/mol. The van der Waals surface area contributed by atoms with Crippen LogP contribution in [0.1, 0.15) is 19.3 Å². The summed E-state index contributed by atoms with van der Waals surface area (Å²) in [5.74, 6) is 1.25. The van der Waals surface area contributed by atoms with Crippen molar-refractivity contribution in [1.29, 1.82) is 0 Å². The molecule has 0 aliphatic carbocycles. The Hall–Kier alpha value is -1.89. The van der Waals surface area contributed by atoms with Gasteiger partial charge in [-0.05, 0) is 26.3 Å². The fourth-order valence-corrected chi connectivity index (χ4v) is 3.41. The number of fused-ring (bicyclic) bond motifs is 2. The molecule has 7 heteroatoms. The predicted octanol–water partition coefficient (Wildman–Crippen LogP) is 1.70. The first kappa shape index (κ1) is 14.1. The van der Waals surface area contributed by atoms with Crippen LogP contribution in [0.25, 0.3) is 0 Å². The fourth-order valence-electron chi connectivity index (χ4n) is 3.41. The Labute approximate surface area is 124 Å². The Bertz CT molecular complexity index is 550. The van der Waals surface area contributed by atoms with Crippen molar-refractivity contribution in [2.45, 2.75) is 31.3 Å². The molecule has 0 radical (unpaired) electrons. The van der Waals surface area contributed by atoms with Crippen LogP contribution >= 0.6 is 0 Å². The molecule has 1 N–H and O–H groups in total. The van der Waals surface area contributed by atoms with Gasteiger partial charge in [0.05, 0.1) is 17.1 Å². The van der Waals surface area contributed by atoms with Gasteiger partial charge in [-0.25, -0.2) is 4.98 Å². The number of nitro groups is 1.